The summed E-state index contributed by atoms with van der Waals surface area (Å²) in [7, 11) is 0. The third-order valence-corrected chi connectivity index (χ3v) is 2.05. The van der Waals surface area contributed by atoms with Crippen LogP contribution >= 0.6 is 11.6 Å². The summed E-state index contributed by atoms with van der Waals surface area (Å²) in [4.78, 5) is 11.5. The maximum atomic E-state index is 13.0. The molecule has 0 aliphatic carbocycles. The van der Waals surface area contributed by atoms with Gasteiger partial charge < -0.3 is 10.6 Å². The van der Waals surface area contributed by atoms with Gasteiger partial charge in [0.2, 0.25) is 5.91 Å². The second-order valence-electron chi connectivity index (χ2n) is 4.81. The highest BCUT2D eigenvalue weighted by Gasteiger charge is 2.13. The standard InChI is InChI=1S/C12H16ClFN2O/c1-12(2,3)16-11(17)7-15-10-5-8(13)4-9(14)6-10/h4-6,15H,7H2,1-3H3,(H,16,17). The summed E-state index contributed by atoms with van der Waals surface area (Å²) >= 11 is 5.69. The quantitative estimate of drug-likeness (QED) is 0.875. The summed E-state index contributed by atoms with van der Waals surface area (Å²) in [6.07, 6.45) is 0. The van der Waals surface area contributed by atoms with E-state index in [1.165, 1.54) is 12.1 Å². The van der Waals surface area contributed by atoms with Gasteiger partial charge in [-0.2, -0.15) is 0 Å². The second-order valence-corrected chi connectivity index (χ2v) is 5.25. The minimum absolute atomic E-state index is 0.0804. The molecular formula is C12H16ClFN2O. The van der Waals surface area contributed by atoms with Gasteiger partial charge >= 0.3 is 0 Å². The Labute approximate surface area is 105 Å². The monoisotopic (exact) mass is 258 g/mol. The molecule has 0 aromatic heterocycles. The van der Waals surface area contributed by atoms with Crippen LogP contribution in [0, 0.1) is 5.82 Å². The average molecular weight is 259 g/mol. The predicted octanol–water partition coefficient (Wildman–Crippen LogP) is 2.81. The van der Waals surface area contributed by atoms with Crippen molar-refractivity contribution in [1.29, 1.82) is 0 Å². The smallest absolute Gasteiger partial charge is 0.239 e. The maximum absolute atomic E-state index is 13.0. The summed E-state index contributed by atoms with van der Waals surface area (Å²) in [5.74, 6) is -0.589. The average Bonchev–Trinajstić information content (AvgIpc) is 2.10. The van der Waals surface area contributed by atoms with Crippen LogP contribution < -0.4 is 10.6 Å². The molecule has 94 valence electrons. The normalized spacial score (nSPS) is 11.1. The first-order valence-electron chi connectivity index (χ1n) is 5.27. The summed E-state index contributed by atoms with van der Waals surface area (Å²) in [5, 5.41) is 5.90. The molecule has 0 radical (unpaired) electrons. The number of anilines is 1. The highest BCUT2D eigenvalue weighted by Crippen LogP contribution is 2.17. The SMILES string of the molecule is CC(C)(C)NC(=O)CNc1cc(F)cc(Cl)c1. The molecule has 1 aromatic carbocycles. The number of carbonyl (C=O) groups is 1. The van der Waals surface area contributed by atoms with Gasteiger partial charge in [-0.05, 0) is 39.0 Å². The van der Waals surface area contributed by atoms with Crippen molar-refractivity contribution in [3.8, 4) is 0 Å². The maximum Gasteiger partial charge on any atom is 0.239 e. The van der Waals surface area contributed by atoms with Gasteiger partial charge in [-0.3, -0.25) is 4.79 Å². The molecule has 1 rings (SSSR count). The van der Waals surface area contributed by atoms with E-state index in [0.717, 1.165) is 0 Å². The van der Waals surface area contributed by atoms with Gasteiger partial charge in [-0.1, -0.05) is 11.6 Å². The fourth-order valence-corrected chi connectivity index (χ4v) is 1.52. The molecule has 0 aliphatic rings. The van der Waals surface area contributed by atoms with Gasteiger partial charge in [0.25, 0.3) is 0 Å². The third-order valence-electron chi connectivity index (χ3n) is 1.83. The Balaban J connectivity index is 2.53. The molecule has 0 saturated carbocycles. The predicted molar refractivity (Wildman–Crippen MR) is 67.8 cm³/mol. The zero-order chi connectivity index (χ0) is 13.1. The Morgan fingerprint density at radius 1 is 1.35 bits per heavy atom. The molecule has 17 heavy (non-hydrogen) atoms. The van der Waals surface area contributed by atoms with Crippen LogP contribution in [0.5, 0.6) is 0 Å². The highest BCUT2D eigenvalue weighted by molar-refractivity contribution is 6.30. The third kappa shape index (κ3) is 5.54. The van der Waals surface area contributed by atoms with Crippen molar-refractivity contribution in [2.75, 3.05) is 11.9 Å². The van der Waals surface area contributed by atoms with Crippen LogP contribution in [-0.2, 0) is 4.79 Å². The molecule has 0 fully saturated rings. The van der Waals surface area contributed by atoms with Gasteiger partial charge in [-0.25, -0.2) is 4.39 Å². The minimum atomic E-state index is -0.434. The van der Waals surface area contributed by atoms with Crippen LogP contribution in [0.25, 0.3) is 0 Å². The number of benzene rings is 1. The number of carbonyl (C=O) groups excluding carboxylic acids is 1. The first kappa shape index (κ1) is 13.8. The number of hydrogen-bond acceptors (Lipinski definition) is 2. The van der Waals surface area contributed by atoms with Crippen LogP contribution in [0.15, 0.2) is 18.2 Å². The summed E-state index contributed by atoms with van der Waals surface area (Å²) < 4.78 is 13.0. The van der Waals surface area contributed by atoms with E-state index >= 15 is 0 Å². The van der Waals surface area contributed by atoms with Crippen molar-refractivity contribution < 1.29 is 9.18 Å². The van der Waals surface area contributed by atoms with Crippen molar-refractivity contribution in [3.05, 3.63) is 29.0 Å². The first-order valence-corrected chi connectivity index (χ1v) is 5.65. The lowest BCUT2D eigenvalue weighted by Crippen LogP contribution is -2.43. The topological polar surface area (TPSA) is 41.1 Å². The van der Waals surface area contributed by atoms with Crippen molar-refractivity contribution in [3.63, 3.8) is 0 Å². The largest absolute Gasteiger partial charge is 0.376 e. The number of amides is 1. The molecule has 0 unspecified atom stereocenters. The number of hydrogen-bond donors (Lipinski definition) is 2. The van der Waals surface area contributed by atoms with Crippen molar-refractivity contribution >= 4 is 23.2 Å². The molecule has 0 bridgehead atoms. The van der Waals surface area contributed by atoms with Gasteiger partial charge in [0.15, 0.2) is 0 Å². The summed E-state index contributed by atoms with van der Waals surface area (Å²) in [6, 6.07) is 4.06. The second kappa shape index (κ2) is 5.36. The van der Waals surface area contributed by atoms with Gasteiger partial charge in [0.05, 0.1) is 6.54 Å². The highest BCUT2D eigenvalue weighted by atomic mass is 35.5. The molecule has 3 nitrogen and oxygen atoms in total. The number of nitrogens with one attached hydrogen (secondary N) is 2. The minimum Gasteiger partial charge on any atom is -0.376 e. The molecule has 0 spiro atoms. The zero-order valence-electron chi connectivity index (χ0n) is 10.1. The molecule has 5 heteroatoms. The van der Waals surface area contributed by atoms with E-state index in [1.807, 2.05) is 20.8 Å². The van der Waals surface area contributed by atoms with E-state index in [9.17, 15) is 9.18 Å². The number of rotatable bonds is 3. The van der Waals surface area contributed by atoms with E-state index in [1.54, 1.807) is 6.07 Å². The van der Waals surface area contributed by atoms with Crippen LogP contribution in [-0.4, -0.2) is 18.0 Å². The Bertz CT molecular complexity index is 395. The van der Waals surface area contributed by atoms with Crippen molar-refractivity contribution in [1.82, 2.24) is 5.32 Å². The molecule has 2 N–H and O–H groups in total. The van der Waals surface area contributed by atoms with Gasteiger partial charge in [-0.15, -0.1) is 0 Å². The van der Waals surface area contributed by atoms with Gasteiger partial charge in [0.1, 0.15) is 5.82 Å². The molecular weight excluding hydrogens is 243 g/mol. The Morgan fingerprint density at radius 2 is 2.00 bits per heavy atom. The van der Waals surface area contributed by atoms with Crippen molar-refractivity contribution in [2.24, 2.45) is 0 Å². The fraction of sp³-hybridized carbons (Fsp3) is 0.417. The first-order chi connectivity index (χ1) is 7.76. The lowest BCUT2D eigenvalue weighted by atomic mass is 10.1. The molecule has 1 aromatic rings. The molecule has 0 aliphatic heterocycles. The molecule has 0 saturated heterocycles. The Hall–Kier alpha value is -1.29. The van der Waals surface area contributed by atoms with Gasteiger partial charge in [0, 0.05) is 16.2 Å². The molecule has 1 amide bonds. The lowest BCUT2D eigenvalue weighted by molar-refractivity contribution is -0.120. The number of halogens is 2. The lowest BCUT2D eigenvalue weighted by Gasteiger charge is -2.20. The zero-order valence-corrected chi connectivity index (χ0v) is 10.9. The Kier molecular flexibility index (Phi) is 4.34. The van der Waals surface area contributed by atoms with E-state index in [2.05, 4.69) is 10.6 Å². The molecule has 0 atom stereocenters. The van der Waals surface area contributed by atoms with Crippen LogP contribution in [0.4, 0.5) is 10.1 Å². The van der Waals surface area contributed by atoms with E-state index in [4.69, 9.17) is 11.6 Å². The van der Waals surface area contributed by atoms with E-state index in [0.29, 0.717) is 10.7 Å². The summed E-state index contributed by atoms with van der Waals surface area (Å²) in [6.45, 7) is 5.76. The van der Waals surface area contributed by atoms with Crippen molar-refractivity contribution in [2.45, 2.75) is 26.3 Å². The van der Waals surface area contributed by atoms with E-state index < -0.39 is 5.82 Å². The molecule has 0 heterocycles. The van der Waals surface area contributed by atoms with Crippen LogP contribution in [0.1, 0.15) is 20.8 Å². The summed E-state index contributed by atoms with van der Waals surface area (Å²) in [5.41, 5.74) is 0.206. The Morgan fingerprint density at radius 3 is 2.53 bits per heavy atom. The van der Waals surface area contributed by atoms with Crippen LogP contribution in [0.3, 0.4) is 0 Å². The van der Waals surface area contributed by atoms with E-state index in [-0.39, 0.29) is 18.0 Å². The van der Waals surface area contributed by atoms with Crippen LogP contribution in [0.2, 0.25) is 5.02 Å². The fourth-order valence-electron chi connectivity index (χ4n) is 1.30.